The van der Waals surface area contributed by atoms with Crippen LogP contribution in [0.3, 0.4) is 0 Å². The van der Waals surface area contributed by atoms with E-state index in [-0.39, 0.29) is 32.7 Å². The Hall–Kier alpha value is 0.324. The molecule has 45 valence electrons. The predicted octanol–water partition coefficient (Wildman–Crippen LogP) is 2.10. The van der Waals surface area contributed by atoms with Gasteiger partial charge >= 0.3 is 0 Å². The van der Waals surface area contributed by atoms with Crippen molar-refractivity contribution in [1.82, 2.24) is 0 Å². The minimum absolute atomic E-state index is 0. The molecule has 1 rings (SSSR count). The Morgan fingerprint density at radius 1 is 1.11 bits per heavy atom. The first-order valence-corrected chi connectivity index (χ1v) is 2.73. The van der Waals surface area contributed by atoms with E-state index >= 15 is 0 Å². The van der Waals surface area contributed by atoms with Gasteiger partial charge in [-0.25, -0.2) is 0 Å². The van der Waals surface area contributed by atoms with Gasteiger partial charge in [0.15, 0.2) is 0 Å². The fourth-order valence-corrected chi connectivity index (χ4v) is 0.747. The zero-order chi connectivity index (χ0) is 5.98. The van der Waals surface area contributed by atoms with Crippen LogP contribution in [0.4, 0.5) is 0 Å². The van der Waals surface area contributed by atoms with Crippen molar-refractivity contribution in [2.24, 2.45) is 0 Å². The van der Waals surface area contributed by atoms with Crippen LogP contribution in [0.2, 0.25) is 0 Å². The first-order chi connectivity index (χ1) is 3.79. The van der Waals surface area contributed by atoms with E-state index in [1.807, 2.05) is 12.1 Å². The Labute approximate surface area is 81.5 Å². The fraction of sp³-hybridized carbons (Fsp3) is 0.250. The molecule has 0 nitrogen and oxygen atoms in total. The first-order valence-electron chi connectivity index (χ1n) is 2.73. The summed E-state index contributed by atoms with van der Waals surface area (Å²) >= 11 is 0. The molecule has 1 aromatic rings. The molecule has 0 aliphatic carbocycles. The van der Waals surface area contributed by atoms with E-state index in [1.54, 1.807) is 0 Å². The van der Waals surface area contributed by atoms with Crippen LogP contribution in [-0.4, -0.2) is 0 Å². The Morgan fingerprint density at radius 2 is 1.56 bits per heavy atom. The molecule has 0 fully saturated rings. The minimum atomic E-state index is 0. The topological polar surface area (TPSA) is 0 Å². The molecule has 0 unspecified atom stereocenters. The van der Waals surface area contributed by atoms with Crippen LogP contribution in [0.5, 0.6) is 0 Å². The summed E-state index contributed by atoms with van der Waals surface area (Å²) in [4.78, 5) is 0. The maximum atomic E-state index is 3.03. The SMILES string of the molecule is Cc1c[c-]cc(C)c1.[Y]. The molecule has 0 aliphatic rings. The zero-order valence-electron chi connectivity index (χ0n) is 5.81. The molecule has 0 aliphatic heterocycles. The molecule has 0 bridgehead atoms. The van der Waals surface area contributed by atoms with Gasteiger partial charge < -0.3 is 0 Å². The fourth-order valence-electron chi connectivity index (χ4n) is 0.747. The summed E-state index contributed by atoms with van der Waals surface area (Å²) in [5, 5.41) is 0. The van der Waals surface area contributed by atoms with Crippen LogP contribution < -0.4 is 0 Å². The van der Waals surface area contributed by atoms with Crippen molar-refractivity contribution >= 4 is 0 Å². The van der Waals surface area contributed by atoms with Crippen molar-refractivity contribution < 1.29 is 32.7 Å². The second-order valence-corrected chi connectivity index (χ2v) is 2.09. The van der Waals surface area contributed by atoms with Crippen molar-refractivity contribution in [2.75, 3.05) is 0 Å². The minimum Gasteiger partial charge on any atom is -0.183 e. The van der Waals surface area contributed by atoms with Crippen molar-refractivity contribution in [3.05, 3.63) is 35.4 Å². The van der Waals surface area contributed by atoms with Crippen molar-refractivity contribution in [2.45, 2.75) is 13.8 Å². The molecular weight excluding hydrogens is 185 g/mol. The van der Waals surface area contributed by atoms with Crippen LogP contribution in [0.1, 0.15) is 11.1 Å². The number of rotatable bonds is 0. The average Bonchev–Trinajstić information content (AvgIpc) is 1.64. The number of benzene rings is 1. The number of hydrogen-bond donors (Lipinski definition) is 0. The summed E-state index contributed by atoms with van der Waals surface area (Å²) in [5.74, 6) is 0. The Morgan fingerprint density at radius 3 is 1.78 bits per heavy atom. The van der Waals surface area contributed by atoms with E-state index in [0.717, 1.165) is 0 Å². The van der Waals surface area contributed by atoms with E-state index in [1.165, 1.54) is 11.1 Å². The molecule has 0 spiro atoms. The predicted molar refractivity (Wildman–Crippen MR) is 34.8 cm³/mol. The van der Waals surface area contributed by atoms with Crippen molar-refractivity contribution in [3.8, 4) is 0 Å². The van der Waals surface area contributed by atoms with Crippen molar-refractivity contribution in [1.29, 1.82) is 0 Å². The molecule has 9 heavy (non-hydrogen) atoms. The summed E-state index contributed by atoms with van der Waals surface area (Å²) in [6.45, 7) is 4.15. The van der Waals surface area contributed by atoms with Crippen LogP contribution in [0.15, 0.2) is 18.2 Å². The third-order valence-corrected chi connectivity index (χ3v) is 1.08. The van der Waals surface area contributed by atoms with E-state index in [0.29, 0.717) is 0 Å². The second kappa shape index (κ2) is 4.19. The van der Waals surface area contributed by atoms with Gasteiger partial charge in [-0.2, -0.15) is 35.4 Å². The molecule has 0 N–H and O–H groups in total. The van der Waals surface area contributed by atoms with Gasteiger partial charge in [-0.3, -0.25) is 0 Å². The average molecular weight is 194 g/mol. The van der Waals surface area contributed by atoms with E-state index < -0.39 is 0 Å². The van der Waals surface area contributed by atoms with Gasteiger partial charge in [-0.1, -0.05) is 13.8 Å². The van der Waals surface area contributed by atoms with Crippen LogP contribution in [0.25, 0.3) is 0 Å². The van der Waals surface area contributed by atoms with Crippen LogP contribution >= 0.6 is 0 Å². The van der Waals surface area contributed by atoms with E-state index in [9.17, 15) is 0 Å². The van der Waals surface area contributed by atoms with E-state index in [2.05, 4.69) is 26.0 Å². The quantitative estimate of drug-likeness (QED) is 0.555. The van der Waals surface area contributed by atoms with Crippen LogP contribution in [-0.2, 0) is 32.7 Å². The Kier molecular flexibility index (Phi) is 4.34. The first kappa shape index (κ1) is 9.32. The van der Waals surface area contributed by atoms with Gasteiger partial charge in [0.05, 0.1) is 0 Å². The monoisotopic (exact) mass is 194 g/mol. The molecule has 0 aromatic heterocycles. The normalized spacial score (nSPS) is 8.22. The summed E-state index contributed by atoms with van der Waals surface area (Å²) < 4.78 is 0. The van der Waals surface area contributed by atoms with E-state index in [4.69, 9.17) is 0 Å². The summed E-state index contributed by atoms with van der Waals surface area (Å²) in [7, 11) is 0. The van der Waals surface area contributed by atoms with Gasteiger partial charge in [0.25, 0.3) is 0 Å². The molecule has 0 heterocycles. The molecular formula is C8H9Y-. The summed E-state index contributed by atoms with van der Waals surface area (Å²) in [6.07, 6.45) is 0. The third kappa shape index (κ3) is 3.12. The second-order valence-electron chi connectivity index (χ2n) is 2.09. The van der Waals surface area contributed by atoms with Gasteiger partial charge in [-0.05, 0) is 0 Å². The zero-order valence-corrected chi connectivity index (χ0v) is 8.65. The Balaban J connectivity index is 0.000000640. The standard InChI is InChI=1S/C8H9.Y/c1-7-4-3-5-8(2)6-7;/h4-6H,1-2H3;/q-1;. The van der Waals surface area contributed by atoms with Gasteiger partial charge in [0.1, 0.15) is 0 Å². The third-order valence-electron chi connectivity index (χ3n) is 1.08. The molecule has 0 atom stereocenters. The maximum absolute atomic E-state index is 3.03. The summed E-state index contributed by atoms with van der Waals surface area (Å²) in [6, 6.07) is 9.12. The molecule has 0 amide bonds. The van der Waals surface area contributed by atoms with Crippen molar-refractivity contribution in [3.63, 3.8) is 0 Å². The van der Waals surface area contributed by atoms with Gasteiger partial charge in [0, 0.05) is 32.7 Å². The number of aryl methyl sites for hydroxylation is 2. The maximum Gasteiger partial charge on any atom is 0 e. The summed E-state index contributed by atoms with van der Waals surface area (Å²) in [5.41, 5.74) is 2.56. The molecule has 1 radical (unpaired) electrons. The van der Waals surface area contributed by atoms with Gasteiger partial charge in [-0.15, -0.1) is 0 Å². The Bertz CT molecular complexity index is 164. The van der Waals surface area contributed by atoms with Crippen LogP contribution in [0, 0.1) is 19.9 Å². The molecule has 0 saturated heterocycles. The molecule has 1 heteroatoms. The number of hydrogen-bond acceptors (Lipinski definition) is 0. The molecule has 0 saturated carbocycles. The smallest absolute Gasteiger partial charge is 0 e. The van der Waals surface area contributed by atoms with Gasteiger partial charge in [0.2, 0.25) is 0 Å². The molecule has 1 aromatic carbocycles. The largest absolute Gasteiger partial charge is 0.183 e.